The molecule has 0 aliphatic carbocycles. The van der Waals surface area contributed by atoms with Crippen LogP contribution < -0.4 is 4.72 Å². The minimum Gasteiger partial charge on any atom is -0.480 e. The van der Waals surface area contributed by atoms with Gasteiger partial charge in [0.25, 0.3) is 0 Å². The zero-order chi connectivity index (χ0) is 20.8. The predicted molar refractivity (Wildman–Crippen MR) is 111 cm³/mol. The zero-order valence-corrected chi connectivity index (χ0v) is 17.3. The van der Waals surface area contributed by atoms with Gasteiger partial charge < -0.3 is 9.52 Å². The Hall–Kier alpha value is -2.75. The SMILES string of the molecule is CC(C)C(NS(=O)(=O)c1ccc2c(c1)oc1ccc(-c3nccs3)cc12)C(=O)O. The molecule has 7 nitrogen and oxygen atoms in total. The second-order valence-electron chi connectivity index (χ2n) is 6.99. The summed E-state index contributed by atoms with van der Waals surface area (Å²) in [6.07, 6.45) is 1.74. The summed E-state index contributed by atoms with van der Waals surface area (Å²) in [4.78, 5) is 15.6. The van der Waals surface area contributed by atoms with Crippen LogP contribution in [-0.2, 0) is 14.8 Å². The summed E-state index contributed by atoms with van der Waals surface area (Å²) in [5.41, 5.74) is 2.00. The van der Waals surface area contributed by atoms with Crippen LogP contribution in [0.5, 0.6) is 0 Å². The number of carboxylic acids is 1. The van der Waals surface area contributed by atoms with E-state index < -0.39 is 28.0 Å². The highest BCUT2D eigenvalue weighted by atomic mass is 32.2. The first-order chi connectivity index (χ1) is 13.8. The number of furan rings is 1. The van der Waals surface area contributed by atoms with Crippen LogP contribution in [-0.4, -0.2) is 30.5 Å². The molecular weight excluding hydrogens is 412 g/mol. The standard InChI is InChI=1S/C20H18N2O5S2/c1-11(2)18(20(23)24)22-29(25,26)13-4-5-14-15-9-12(19-21-7-8-28-19)3-6-16(15)27-17(14)10-13/h3-11,18,22H,1-2H3,(H,23,24). The molecule has 2 aromatic heterocycles. The van der Waals surface area contributed by atoms with E-state index in [-0.39, 0.29) is 4.90 Å². The number of nitrogens with one attached hydrogen (secondary N) is 1. The van der Waals surface area contributed by atoms with Crippen LogP contribution >= 0.6 is 11.3 Å². The fraction of sp³-hybridized carbons (Fsp3) is 0.200. The molecule has 2 N–H and O–H groups in total. The summed E-state index contributed by atoms with van der Waals surface area (Å²) < 4.78 is 33.5. The molecule has 0 spiro atoms. The molecule has 2 heterocycles. The van der Waals surface area contributed by atoms with E-state index in [4.69, 9.17) is 4.42 Å². The highest BCUT2D eigenvalue weighted by Gasteiger charge is 2.28. The summed E-state index contributed by atoms with van der Waals surface area (Å²) in [5, 5.41) is 13.7. The Labute approximate surface area is 171 Å². The number of aliphatic carboxylic acids is 1. The number of sulfonamides is 1. The number of thiazole rings is 1. The molecule has 0 saturated carbocycles. The maximum absolute atomic E-state index is 12.7. The molecule has 0 aliphatic rings. The van der Waals surface area contributed by atoms with E-state index >= 15 is 0 Å². The van der Waals surface area contributed by atoms with Crippen molar-refractivity contribution in [2.45, 2.75) is 24.8 Å². The van der Waals surface area contributed by atoms with Crippen molar-refractivity contribution in [1.82, 2.24) is 9.71 Å². The minimum atomic E-state index is -4.02. The van der Waals surface area contributed by atoms with Gasteiger partial charge >= 0.3 is 5.97 Å². The maximum Gasteiger partial charge on any atom is 0.322 e. The van der Waals surface area contributed by atoms with Gasteiger partial charge in [0.05, 0.1) is 4.90 Å². The largest absolute Gasteiger partial charge is 0.480 e. The Kier molecular flexibility index (Phi) is 4.89. The van der Waals surface area contributed by atoms with E-state index in [2.05, 4.69) is 9.71 Å². The van der Waals surface area contributed by atoms with Crippen LogP contribution in [0.1, 0.15) is 13.8 Å². The molecule has 0 saturated heterocycles. The lowest BCUT2D eigenvalue weighted by atomic mass is 10.1. The number of fused-ring (bicyclic) bond motifs is 3. The van der Waals surface area contributed by atoms with Crippen LogP contribution in [0.25, 0.3) is 32.5 Å². The van der Waals surface area contributed by atoms with Crippen LogP contribution in [0.3, 0.4) is 0 Å². The van der Waals surface area contributed by atoms with Gasteiger partial charge in [0.1, 0.15) is 22.2 Å². The van der Waals surface area contributed by atoms with Gasteiger partial charge in [-0.05, 0) is 36.2 Å². The molecule has 2 aromatic carbocycles. The molecule has 0 amide bonds. The van der Waals surface area contributed by atoms with Crippen LogP contribution in [0, 0.1) is 5.92 Å². The first-order valence-corrected chi connectivity index (χ1v) is 11.2. The Morgan fingerprint density at radius 2 is 1.93 bits per heavy atom. The van der Waals surface area contributed by atoms with E-state index in [0.717, 1.165) is 21.3 Å². The second-order valence-corrected chi connectivity index (χ2v) is 9.60. The van der Waals surface area contributed by atoms with Gasteiger partial charge in [0, 0.05) is 34.0 Å². The molecule has 1 atom stereocenters. The normalized spacial score (nSPS) is 13.3. The van der Waals surface area contributed by atoms with Crippen molar-refractivity contribution in [1.29, 1.82) is 0 Å². The van der Waals surface area contributed by atoms with Gasteiger partial charge in [0.15, 0.2) is 0 Å². The first-order valence-electron chi connectivity index (χ1n) is 8.87. The lowest BCUT2D eigenvalue weighted by Gasteiger charge is -2.17. The van der Waals surface area contributed by atoms with Crippen LogP contribution in [0.15, 0.2) is 57.3 Å². The molecule has 150 valence electrons. The van der Waals surface area contributed by atoms with Gasteiger partial charge in [-0.1, -0.05) is 13.8 Å². The average molecular weight is 431 g/mol. The Balaban J connectivity index is 1.76. The lowest BCUT2D eigenvalue weighted by molar-refractivity contribution is -0.140. The molecule has 0 bridgehead atoms. The van der Waals surface area contributed by atoms with E-state index in [9.17, 15) is 18.3 Å². The van der Waals surface area contributed by atoms with Crippen molar-refractivity contribution in [3.05, 3.63) is 48.0 Å². The smallest absolute Gasteiger partial charge is 0.322 e. The summed E-state index contributed by atoms with van der Waals surface area (Å²) in [7, 11) is -4.02. The maximum atomic E-state index is 12.7. The summed E-state index contributed by atoms with van der Waals surface area (Å²) >= 11 is 1.53. The second kappa shape index (κ2) is 7.25. The number of hydrogen-bond donors (Lipinski definition) is 2. The molecule has 0 aliphatic heterocycles. The van der Waals surface area contributed by atoms with Gasteiger partial charge in [0.2, 0.25) is 10.0 Å². The van der Waals surface area contributed by atoms with Crippen molar-refractivity contribution >= 4 is 49.3 Å². The molecular formula is C20H18N2O5S2. The molecule has 0 fully saturated rings. The van der Waals surface area contributed by atoms with E-state index in [1.807, 2.05) is 23.6 Å². The number of benzene rings is 2. The van der Waals surface area contributed by atoms with Gasteiger partial charge in [-0.2, -0.15) is 4.72 Å². The van der Waals surface area contributed by atoms with Crippen LogP contribution in [0.2, 0.25) is 0 Å². The third kappa shape index (κ3) is 3.64. The van der Waals surface area contributed by atoms with E-state index in [1.54, 1.807) is 26.1 Å². The number of hydrogen-bond acceptors (Lipinski definition) is 6. The van der Waals surface area contributed by atoms with Gasteiger partial charge in [-0.3, -0.25) is 4.79 Å². The Bertz CT molecular complexity index is 1310. The first kappa shape index (κ1) is 19.6. The fourth-order valence-electron chi connectivity index (χ4n) is 3.13. The third-order valence-electron chi connectivity index (χ3n) is 4.65. The molecule has 4 rings (SSSR count). The molecule has 0 radical (unpaired) electrons. The number of nitrogens with zero attached hydrogens (tertiary/aromatic N) is 1. The predicted octanol–water partition coefficient (Wildman–Crippen LogP) is 4.10. The summed E-state index contributed by atoms with van der Waals surface area (Å²) in [6, 6.07) is 9.03. The topological polar surface area (TPSA) is 110 Å². The fourth-order valence-corrected chi connectivity index (χ4v) is 5.12. The highest BCUT2D eigenvalue weighted by Crippen LogP contribution is 2.34. The minimum absolute atomic E-state index is 0.0453. The third-order valence-corrected chi connectivity index (χ3v) is 6.91. The molecule has 9 heteroatoms. The number of carbonyl (C=O) groups is 1. The van der Waals surface area contributed by atoms with Crippen molar-refractivity contribution < 1.29 is 22.7 Å². The van der Waals surface area contributed by atoms with E-state index in [1.165, 1.54) is 23.5 Å². The number of rotatable bonds is 6. The van der Waals surface area contributed by atoms with Crippen molar-refractivity contribution in [3.8, 4) is 10.6 Å². The highest BCUT2D eigenvalue weighted by molar-refractivity contribution is 7.89. The van der Waals surface area contributed by atoms with E-state index in [0.29, 0.717) is 11.2 Å². The average Bonchev–Trinajstić information content (AvgIpc) is 3.32. The summed E-state index contributed by atoms with van der Waals surface area (Å²) in [6.45, 7) is 3.29. The molecule has 29 heavy (non-hydrogen) atoms. The number of carboxylic acid groups (broad SMARTS) is 1. The zero-order valence-electron chi connectivity index (χ0n) is 15.6. The van der Waals surface area contributed by atoms with Crippen LogP contribution in [0.4, 0.5) is 0 Å². The molecule has 1 unspecified atom stereocenters. The lowest BCUT2D eigenvalue weighted by Crippen LogP contribution is -2.44. The van der Waals surface area contributed by atoms with Crippen molar-refractivity contribution in [3.63, 3.8) is 0 Å². The summed E-state index contributed by atoms with van der Waals surface area (Å²) in [5.74, 6) is -1.62. The molecule has 4 aromatic rings. The van der Waals surface area contributed by atoms with Gasteiger partial charge in [-0.15, -0.1) is 11.3 Å². The Morgan fingerprint density at radius 1 is 1.14 bits per heavy atom. The quantitative estimate of drug-likeness (QED) is 0.477. The Morgan fingerprint density at radius 3 is 2.59 bits per heavy atom. The number of aromatic nitrogens is 1. The van der Waals surface area contributed by atoms with Crippen molar-refractivity contribution in [2.75, 3.05) is 0 Å². The van der Waals surface area contributed by atoms with Crippen molar-refractivity contribution in [2.24, 2.45) is 5.92 Å². The monoisotopic (exact) mass is 430 g/mol. The van der Waals surface area contributed by atoms with Gasteiger partial charge in [-0.25, -0.2) is 13.4 Å².